The third kappa shape index (κ3) is 20.0. The van der Waals surface area contributed by atoms with Crippen molar-refractivity contribution in [3.8, 4) is 51.9 Å². The second-order valence-corrected chi connectivity index (χ2v) is 19.3. The van der Waals surface area contributed by atoms with E-state index in [9.17, 15) is 14.4 Å². The molecule has 504 valence electrons. The van der Waals surface area contributed by atoms with Crippen LogP contribution in [0.2, 0.25) is 5.02 Å². The number of para-hydroxylation sites is 6. The van der Waals surface area contributed by atoms with Gasteiger partial charge in [-0.2, -0.15) is 20.3 Å². The second-order valence-electron chi connectivity index (χ2n) is 18.9. The molecule has 0 saturated carbocycles. The minimum atomic E-state index is -0.212. The highest BCUT2D eigenvalue weighted by atomic mass is 35.5. The monoisotopic (exact) mass is 1310 g/mol. The number of aryl methyl sites for hydroxylation is 7. The van der Waals surface area contributed by atoms with Crippen molar-refractivity contribution in [1.82, 2.24) is 77.4 Å². The fourth-order valence-corrected chi connectivity index (χ4v) is 9.23. The quantitative estimate of drug-likeness (QED) is 0.0935. The Balaban J connectivity index is 0.000000280. The molecule has 0 unspecified atom stereocenters. The topological polar surface area (TPSA) is 214 Å². The van der Waals surface area contributed by atoms with E-state index in [2.05, 4.69) is 35.6 Å². The average molecular weight is 1310 g/mol. The van der Waals surface area contributed by atoms with Crippen molar-refractivity contribution in [1.29, 1.82) is 0 Å². The number of halogens is 1. The number of hydrogen-bond donors (Lipinski definition) is 0. The molecule has 12 rings (SSSR count). The largest absolute Gasteiger partial charge is 0.471 e. The molecule has 6 heterocycles. The van der Waals surface area contributed by atoms with Gasteiger partial charge in [0, 0.05) is 49.6 Å². The van der Waals surface area contributed by atoms with Gasteiger partial charge in [0.1, 0.15) is 48.6 Å². The van der Waals surface area contributed by atoms with Crippen molar-refractivity contribution in [2.24, 2.45) is 21.1 Å². The molecule has 23 heteroatoms. The number of aromatic nitrogens is 16. The molecule has 0 aliphatic heterocycles. The van der Waals surface area contributed by atoms with Crippen LogP contribution in [0.4, 0.5) is 0 Å². The number of hydrogen-bond acceptors (Lipinski definition) is 13. The van der Waals surface area contributed by atoms with Crippen molar-refractivity contribution in [2.45, 2.75) is 131 Å². The molecule has 0 radical (unpaired) electrons. The van der Waals surface area contributed by atoms with Gasteiger partial charge in [-0.3, -0.25) is 0 Å². The Morgan fingerprint density at radius 2 is 0.663 bits per heavy atom. The van der Waals surface area contributed by atoms with Crippen LogP contribution in [-0.4, -0.2) is 77.4 Å². The first-order valence-electron chi connectivity index (χ1n) is 32.1. The maximum atomic E-state index is 12.4. The number of ether oxygens (including phenoxy) is 3. The van der Waals surface area contributed by atoms with E-state index >= 15 is 0 Å². The van der Waals surface area contributed by atoms with Gasteiger partial charge in [0.05, 0.1) is 40.3 Å². The molecular weight excluding hydrogens is 1220 g/mol. The summed E-state index contributed by atoms with van der Waals surface area (Å²) in [5.74, 6) is 2.74. The molecule has 0 fully saturated rings. The van der Waals surface area contributed by atoms with Gasteiger partial charge >= 0.3 is 23.1 Å². The Morgan fingerprint density at radius 3 is 1.02 bits per heavy atom. The van der Waals surface area contributed by atoms with Gasteiger partial charge in [-0.15, -0.1) is 15.3 Å². The minimum absolute atomic E-state index is 0.186. The highest BCUT2D eigenvalue weighted by Crippen LogP contribution is 2.27. The predicted molar refractivity (Wildman–Crippen MR) is 380 cm³/mol. The zero-order chi connectivity index (χ0) is 70.1. The highest BCUT2D eigenvalue weighted by molar-refractivity contribution is 6.31. The molecule has 95 heavy (non-hydrogen) atoms. The van der Waals surface area contributed by atoms with Crippen LogP contribution in [0.25, 0.3) is 34.1 Å². The van der Waals surface area contributed by atoms with E-state index in [1.165, 1.54) is 14.0 Å². The first-order valence-corrected chi connectivity index (χ1v) is 32.5. The van der Waals surface area contributed by atoms with Gasteiger partial charge in [-0.05, 0) is 82.3 Å². The lowest BCUT2D eigenvalue weighted by molar-refractivity contribution is 0.280. The Hall–Kier alpha value is -10.6. The SMILES string of the molecule is CC.CC.CC.CC.CC.CC.Cc1cn(-c2ccccc2)nc1OCc1ccccc1-n1c(C)nn(C)c1=O.Cc1nn(C)c(=O)n1-c1ccccc1COc1ncn(-c2ccccc2)n1.Cc1nn(C)c(=O)n1-c1ccccc1COc1nn(-c2ccccc2)cc1Cl. The smallest absolute Gasteiger partial charge is 0.350 e. The zero-order valence-corrected chi connectivity index (χ0v) is 59.2. The molecule has 0 aliphatic carbocycles. The molecule has 12 aromatic rings. The van der Waals surface area contributed by atoms with E-state index in [1.54, 1.807) is 75.3 Å². The fourth-order valence-electron chi connectivity index (χ4n) is 9.05. The van der Waals surface area contributed by atoms with Gasteiger partial charge in [-0.25, -0.2) is 56.2 Å². The molecule has 22 nitrogen and oxygen atoms in total. The lowest BCUT2D eigenvalue weighted by atomic mass is 10.2. The molecule has 0 atom stereocenters. The summed E-state index contributed by atoms with van der Waals surface area (Å²) < 4.78 is 31.4. The van der Waals surface area contributed by atoms with Crippen molar-refractivity contribution >= 4 is 11.6 Å². The maximum Gasteiger partial charge on any atom is 0.350 e. The normalized spacial score (nSPS) is 9.94. The summed E-state index contributed by atoms with van der Waals surface area (Å²) in [6.45, 7) is 32.1. The molecule has 0 bridgehead atoms. The fraction of sp³-hybridized carbons (Fsp3) is 0.306. The minimum Gasteiger partial charge on any atom is -0.471 e. The van der Waals surface area contributed by atoms with Crippen LogP contribution in [0.15, 0.2) is 197 Å². The third-order valence-corrected chi connectivity index (χ3v) is 13.3. The van der Waals surface area contributed by atoms with Crippen LogP contribution < -0.4 is 31.3 Å². The van der Waals surface area contributed by atoms with Crippen molar-refractivity contribution < 1.29 is 14.2 Å². The van der Waals surface area contributed by atoms with E-state index in [1.807, 2.05) is 267 Å². The summed E-state index contributed by atoms with van der Waals surface area (Å²) in [5.41, 5.74) is 7.86. The predicted octanol–water partition coefficient (Wildman–Crippen LogP) is 14.4. The number of nitrogens with zero attached hydrogens (tertiary/aromatic N) is 16. The van der Waals surface area contributed by atoms with Crippen LogP contribution in [0, 0.1) is 27.7 Å². The van der Waals surface area contributed by atoms with Crippen molar-refractivity contribution in [3.63, 3.8) is 0 Å². The molecule has 0 aliphatic rings. The van der Waals surface area contributed by atoms with Gasteiger partial charge in [0.15, 0.2) is 0 Å². The summed E-state index contributed by atoms with van der Waals surface area (Å²) in [6, 6.07) is 52.2. The summed E-state index contributed by atoms with van der Waals surface area (Å²) in [4.78, 5) is 41.4. The first kappa shape index (κ1) is 76.8. The molecule has 6 aromatic carbocycles. The average Bonchev–Trinajstić information content (AvgIpc) is 1.72. The number of rotatable bonds is 15. The van der Waals surface area contributed by atoms with Crippen LogP contribution >= 0.6 is 11.6 Å². The molecule has 0 amide bonds. The van der Waals surface area contributed by atoms with E-state index in [-0.39, 0.29) is 36.3 Å². The van der Waals surface area contributed by atoms with Gasteiger partial charge in [0.25, 0.3) is 5.88 Å². The lowest BCUT2D eigenvalue weighted by Crippen LogP contribution is -2.23. The highest BCUT2D eigenvalue weighted by Gasteiger charge is 2.19. The van der Waals surface area contributed by atoms with Crippen LogP contribution in [0.5, 0.6) is 17.8 Å². The first-order chi connectivity index (χ1) is 46.2. The molecule has 6 aromatic heterocycles. The van der Waals surface area contributed by atoms with Crippen LogP contribution in [0.1, 0.15) is 123 Å². The van der Waals surface area contributed by atoms with Gasteiger partial charge in [-0.1, -0.05) is 204 Å². The molecule has 0 saturated heterocycles. The molecule has 0 N–H and O–H groups in total. The number of benzene rings is 6. The van der Waals surface area contributed by atoms with Crippen LogP contribution in [0.3, 0.4) is 0 Å². The van der Waals surface area contributed by atoms with Gasteiger partial charge in [0.2, 0.25) is 5.88 Å². The Morgan fingerprint density at radius 1 is 0.358 bits per heavy atom. The third-order valence-electron chi connectivity index (χ3n) is 13.1. The summed E-state index contributed by atoms with van der Waals surface area (Å²) in [5, 5.41) is 26.3. The van der Waals surface area contributed by atoms with E-state index < -0.39 is 0 Å². The Bertz CT molecular complexity index is 4180. The second kappa shape index (κ2) is 39.7. The van der Waals surface area contributed by atoms with E-state index in [4.69, 9.17) is 25.8 Å². The molecule has 0 spiro atoms. The standard InChI is InChI=1S/C21H21N5O2.C20H18ClN5O2.C19H18N6O2.6C2H6/c1-15-13-25(18-10-5-4-6-11-18)23-20(15)28-14-17-9-7-8-12-19(17)26-16(2)22-24(3)21(26)27;1-14-22-24(2)20(27)26(14)18-11-7-6-8-15(18)13-28-19-17(21)12-25(23-19)16-9-4-3-5-10-16;1-14-21-23(2)19(26)25(14)17-11-7-6-8-15(17)12-27-18-20-13-24(22-18)16-9-4-3-5-10-16;6*1-2/h4-13H,14H2,1-3H3;3-12H,13H2,1-2H3;3-11,13H,12H2,1-2H3;6*1-2H3. The zero-order valence-electron chi connectivity index (χ0n) is 58.4. The molecular formula is C72H93ClN16O6. The van der Waals surface area contributed by atoms with Crippen LogP contribution in [-0.2, 0) is 41.0 Å². The summed E-state index contributed by atoms with van der Waals surface area (Å²) >= 11 is 6.29. The lowest BCUT2D eigenvalue weighted by Gasteiger charge is -2.11. The van der Waals surface area contributed by atoms with E-state index in [0.29, 0.717) is 40.9 Å². The van der Waals surface area contributed by atoms with Gasteiger partial charge < -0.3 is 14.2 Å². The Kier molecular flexibility index (Phi) is 32.1. The Labute approximate surface area is 562 Å². The summed E-state index contributed by atoms with van der Waals surface area (Å²) in [7, 11) is 4.90. The van der Waals surface area contributed by atoms with Crippen molar-refractivity contribution in [2.75, 3.05) is 0 Å². The maximum absolute atomic E-state index is 12.4. The van der Waals surface area contributed by atoms with E-state index in [0.717, 1.165) is 56.4 Å². The van der Waals surface area contributed by atoms with Crippen molar-refractivity contribution in [3.05, 3.63) is 259 Å². The summed E-state index contributed by atoms with van der Waals surface area (Å²) in [6.07, 6.45) is 5.24.